The largest absolute Gasteiger partial charge is 0.427 e. The molecule has 1 fully saturated rings. The van der Waals surface area contributed by atoms with E-state index in [1.807, 2.05) is 6.07 Å². The molecule has 1 heterocycles. The van der Waals surface area contributed by atoms with Crippen molar-refractivity contribution in [3.05, 3.63) is 52.8 Å². The first kappa shape index (κ1) is 32.9. The monoisotopic (exact) mass is 584 g/mol. The van der Waals surface area contributed by atoms with Crippen molar-refractivity contribution in [1.29, 1.82) is 0 Å². The summed E-state index contributed by atoms with van der Waals surface area (Å²) < 4.78 is 51.2. The number of hydrogen-bond donors (Lipinski definition) is 0. The summed E-state index contributed by atoms with van der Waals surface area (Å²) in [5.74, 6) is 0.169. The summed E-state index contributed by atoms with van der Waals surface area (Å²) in [7, 11) is 0. The Balaban J connectivity index is 1.30. The highest BCUT2D eigenvalue weighted by atomic mass is 19.3. The van der Waals surface area contributed by atoms with Crippen LogP contribution in [0.1, 0.15) is 165 Å². The number of aryl methyl sites for hydroxylation is 1. The highest BCUT2D eigenvalue weighted by molar-refractivity contribution is 5.77. The smallest absolute Gasteiger partial charge is 0.425 e. The van der Waals surface area contributed by atoms with Crippen LogP contribution in [0.5, 0.6) is 5.75 Å². The Labute approximate surface area is 254 Å². The summed E-state index contributed by atoms with van der Waals surface area (Å²) in [4.78, 5) is 0. The topological polar surface area (TPSA) is 9.23 Å². The number of fused-ring (bicyclic) bond motifs is 3. The second-order valence-corrected chi connectivity index (χ2v) is 13.2. The predicted molar refractivity (Wildman–Crippen MR) is 170 cm³/mol. The molecule has 0 amide bonds. The molecule has 1 aliphatic carbocycles. The summed E-state index contributed by atoms with van der Waals surface area (Å²) in [6, 6.07) is 8.97. The molecular weight excluding hydrogens is 529 g/mol. The van der Waals surface area contributed by atoms with Gasteiger partial charge in [0.1, 0.15) is 0 Å². The summed E-state index contributed by atoms with van der Waals surface area (Å²) >= 11 is 0. The Morgan fingerprint density at radius 2 is 1.26 bits per heavy atom. The van der Waals surface area contributed by atoms with E-state index < -0.39 is 11.9 Å². The van der Waals surface area contributed by atoms with E-state index in [-0.39, 0.29) is 11.3 Å². The van der Waals surface area contributed by atoms with Gasteiger partial charge in [0, 0.05) is 5.56 Å². The van der Waals surface area contributed by atoms with Crippen molar-refractivity contribution in [2.75, 3.05) is 0 Å². The fraction of sp³-hybridized carbons (Fsp3) is 0.684. The van der Waals surface area contributed by atoms with Gasteiger partial charge in [-0.3, -0.25) is 0 Å². The maximum atomic E-state index is 15.4. The predicted octanol–water partition coefficient (Wildman–Crippen LogP) is 13.0. The summed E-state index contributed by atoms with van der Waals surface area (Å²) in [5, 5.41) is 0. The van der Waals surface area contributed by atoms with Gasteiger partial charge in [-0.15, -0.1) is 0 Å². The van der Waals surface area contributed by atoms with E-state index in [2.05, 4.69) is 13.8 Å². The number of ether oxygens (including phenoxy) is 1. The summed E-state index contributed by atoms with van der Waals surface area (Å²) in [5.41, 5.74) is 2.17. The molecule has 0 unspecified atom stereocenters. The van der Waals surface area contributed by atoms with Crippen molar-refractivity contribution in [3.8, 4) is 16.9 Å². The molecule has 0 bridgehead atoms. The van der Waals surface area contributed by atoms with Crippen LogP contribution in [-0.4, -0.2) is 0 Å². The molecule has 42 heavy (non-hydrogen) atoms. The molecule has 4 heteroatoms. The van der Waals surface area contributed by atoms with Crippen molar-refractivity contribution in [2.45, 2.75) is 161 Å². The molecule has 0 radical (unpaired) electrons. The van der Waals surface area contributed by atoms with Gasteiger partial charge < -0.3 is 4.74 Å². The first-order valence-electron chi connectivity index (χ1n) is 17.5. The van der Waals surface area contributed by atoms with Crippen LogP contribution in [-0.2, 0) is 12.5 Å². The van der Waals surface area contributed by atoms with Gasteiger partial charge in [0.2, 0.25) is 0 Å². The van der Waals surface area contributed by atoms with E-state index in [9.17, 15) is 0 Å². The molecule has 0 spiro atoms. The number of alkyl halides is 2. The van der Waals surface area contributed by atoms with E-state index in [0.29, 0.717) is 29.0 Å². The minimum absolute atomic E-state index is 0.118. The quantitative estimate of drug-likeness (QED) is 0.158. The SMILES string of the molecule is CCCCCCCCCCC1CCC(c2ccc3c(c2)C(F)(F)Oc2c-3ccc(CCCCCCCCC)c2F)CC1. The highest BCUT2D eigenvalue weighted by Gasteiger charge is 2.44. The number of hydrogen-bond acceptors (Lipinski definition) is 1. The number of rotatable bonds is 18. The van der Waals surface area contributed by atoms with Crippen LogP contribution in [0.25, 0.3) is 11.1 Å². The van der Waals surface area contributed by atoms with E-state index in [4.69, 9.17) is 4.74 Å². The number of unbranched alkanes of at least 4 members (excludes halogenated alkanes) is 13. The second-order valence-electron chi connectivity index (χ2n) is 13.2. The maximum absolute atomic E-state index is 15.4. The standard InChI is InChI=1S/C38H55F3O/c1-3-5-7-9-11-13-14-16-18-29-20-22-30(23-21-29)32-25-26-33-34-27-24-31(19-17-15-12-10-8-6-4-2)36(39)37(34)42-38(40,41)35(33)28-32/h24-30H,3-23H2,1-2H3. The average molecular weight is 585 g/mol. The molecule has 1 aliphatic heterocycles. The van der Waals surface area contributed by atoms with Crippen LogP contribution in [0.15, 0.2) is 30.3 Å². The van der Waals surface area contributed by atoms with Crippen molar-refractivity contribution in [3.63, 3.8) is 0 Å². The van der Waals surface area contributed by atoms with E-state index >= 15 is 13.2 Å². The Hall–Kier alpha value is -1.97. The van der Waals surface area contributed by atoms with Crippen LogP contribution in [0.2, 0.25) is 0 Å². The van der Waals surface area contributed by atoms with Crippen LogP contribution in [0, 0.1) is 11.7 Å². The zero-order valence-electron chi connectivity index (χ0n) is 26.4. The maximum Gasteiger partial charge on any atom is 0.427 e. The molecule has 0 atom stereocenters. The molecular formula is C38H55F3O. The molecule has 4 rings (SSSR count). The van der Waals surface area contributed by atoms with E-state index in [1.54, 1.807) is 24.3 Å². The van der Waals surface area contributed by atoms with Crippen molar-refractivity contribution < 1.29 is 17.9 Å². The fourth-order valence-corrected chi connectivity index (χ4v) is 7.20. The molecule has 1 nitrogen and oxygen atoms in total. The van der Waals surface area contributed by atoms with Gasteiger partial charge in [-0.1, -0.05) is 134 Å². The first-order chi connectivity index (χ1) is 20.4. The van der Waals surface area contributed by atoms with E-state index in [1.165, 1.54) is 96.3 Å². The van der Waals surface area contributed by atoms with Crippen LogP contribution >= 0.6 is 0 Å². The zero-order chi connectivity index (χ0) is 29.8. The van der Waals surface area contributed by atoms with Crippen LogP contribution in [0.4, 0.5) is 13.2 Å². The fourth-order valence-electron chi connectivity index (χ4n) is 7.20. The third-order valence-corrected chi connectivity index (χ3v) is 9.89. The minimum atomic E-state index is -3.54. The Morgan fingerprint density at radius 3 is 1.90 bits per heavy atom. The summed E-state index contributed by atoms with van der Waals surface area (Å²) in [6.07, 6.45) is 21.6. The van der Waals surface area contributed by atoms with Crippen molar-refractivity contribution >= 4 is 0 Å². The van der Waals surface area contributed by atoms with Crippen LogP contribution < -0.4 is 4.74 Å². The lowest BCUT2D eigenvalue weighted by Crippen LogP contribution is -2.28. The van der Waals surface area contributed by atoms with Gasteiger partial charge in [0.15, 0.2) is 11.6 Å². The van der Waals surface area contributed by atoms with Gasteiger partial charge in [-0.2, -0.15) is 8.78 Å². The molecule has 234 valence electrons. The summed E-state index contributed by atoms with van der Waals surface area (Å²) in [6.45, 7) is 4.46. The molecule has 2 aromatic carbocycles. The van der Waals surface area contributed by atoms with Crippen molar-refractivity contribution in [1.82, 2.24) is 0 Å². The molecule has 2 aromatic rings. The lowest BCUT2D eigenvalue weighted by molar-refractivity contribution is -0.188. The minimum Gasteiger partial charge on any atom is -0.425 e. The molecule has 1 saturated carbocycles. The van der Waals surface area contributed by atoms with Gasteiger partial charge in [-0.25, -0.2) is 4.39 Å². The molecule has 0 N–H and O–H groups in total. The lowest BCUT2D eigenvalue weighted by Gasteiger charge is -2.32. The first-order valence-corrected chi connectivity index (χ1v) is 17.5. The second kappa shape index (κ2) is 16.8. The molecule has 2 aliphatic rings. The van der Waals surface area contributed by atoms with Gasteiger partial charge in [0.25, 0.3) is 0 Å². The number of benzene rings is 2. The Morgan fingerprint density at radius 1 is 0.690 bits per heavy atom. The Bertz CT molecular complexity index is 1090. The highest BCUT2D eigenvalue weighted by Crippen LogP contribution is 2.50. The third-order valence-electron chi connectivity index (χ3n) is 9.89. The van der Waals surface area contributed by atoms with Crippen molar-refractivity contribution in [2.24, 2.45) is 5.92 Å². The molecule has 0 aromatic heterocycles. The van der Waals surface area contributed by atoms with Gasteiger partial charge in [-0.05, 0) is 73.1 Å². The normalized spacial score (nSPS) is 19.3. The number of halogens is 3. The Kier molecular flexibility index (Phi) is 13.1. The van der Waals surface area contributed by atoms with Gasteiger partial charge in [0.05, 0.1) is 5.56 Å². The van der Waals surface area contributed by atoms with Gasteiger partial charge >= 0.3 is 6.11 Å². The third kappa shape index (κ3) is 9.02. The average Bonchev–Trinajstić information content (AvgIpc) is 2.99. The lowest BCUT2D eigenvalue weighted by atomic mass is 9.76. The van der Waals surface area contributed by atoms with E-state index in [0.717, 1.165) is 43.6 Å². The zero-order valence-corrected chi connectivity index (χ0v) is 26.4. The molecule has 0 saturated heterocycles. The van der Waals surface area contributed by atoms with Crippen LogP contribution in [0.3, 0.4) is 0 Å².